The molecular formula is C10H9O2. The van der Waals surface area contributed by atoms with Crippen molar-refractivity contribution in [3.8, 4) is 0 Å². The number of furan rings is 2. The van der Waals surface area contributed by atoms with Gasteiger partial charge in [-0.1, -0.05) is 0 Å². The Hall–Kier alpha value is -1.44. The Morgan fingerprint density at radius 3 is 1.83 bits per heavy atom. The SMILES string of the molecule is [CH2]C(c1ccco1)c1ccco1. The van der Waals surface area contributed by atoms with Crippen LogP contribution >= 0.6 is 0 Å². The molecule has 2 rings (SSSR count). The van der Waals surface area contributed by atoms with Gasteiger partial charge in [0.1, 0.15) is 11.5 Å². The predicted molar refractivity (Wildman–Crippen MR) is 44.6 cm³/mol. The first-order valence-corrected chi connectivity index (χ1v) is 3.78. The fraction of sp³-hybridized carbons (Fsp3) is 0.100. The molecule has 0 aliphatic rings. The summed E-state index contributed by atoms with van der Waals surface area (Å²) in [4.78, 5) is 0. The summed E-state index contributed by atoms with van der Waals surface area (Å²) in [6, 6.07) is 7.47. The molecule has 2 aromatic rings. The van der Waals surface area contributed by atoms with Crippen molar-refractivity contribution >= 4 is 0 Å². The minimum atomic E-state index is -0.0463. The lowest BCUT2D eigenvalue weighted by Gasteiger charge is -2.02. The van der Waals surface area contributed by atoms with Crippen LogP contribution in [0.4, 0.5) is 0 Å². The minimum absolute atomic E-state index is 0.0463. The Morgan fingerprint density at radius 1 is 1.00 bits per heavy atom. The highest BCUT2D eigenvalue weighted by Crippen LogP contribution is 2.23. The van der Waals surface area contributed by atoms with Crippen LogP contribution in [0.5, 0.6) is 0 Å². The zero-order valence-corrected chi connectivity index (χ0v) is 6.57. The molecule has 61 valence electrons. The second kappa shape index (κ2) is 2.89. The molecule has 0 atom stereocenters. The van der Waals surface area contributed by atoms with Gasteiger partial charge in [-0.05, 0) is 31.2 Å². The van der Waals surface area contributed by atoms with Crippen LogP contribution in [0, 0.1) is 6.92 Å². The summed E-state index contributed by atoms with van der Waals surface area (Å²) >= 11 is 0. The summed E-state index contributed by atoms with van der Waals surface area (Å²) in [5.74, 6) is 1.60. The summed E-state index contributed by atoms with van der Waals surface area (Å²) in [7, 11) is 0. The van der Waals surface area contributed by atoms with E-state index in [-0.39, 0.29) is 5.92 Å². The van der Waals surface area contributed by atoms with Gasteiger partial charge in [-0.3, -0.25) is 0 Å². The van der Waals surface area contributed by atoms with E-state index >= 15 is 0 Å². The van der Waals surface area contributed by atoms with Crippen molar-refractivity contribution < 1.29 is 8.83 Å². The Labute approximate surface area is 70.8 Å². The Bertz CT molecular complexity index is 284. The molecular weight excluding hydrogens is 152 g/mol. The van der Waals surface area contributed by atoms with Gasteiger partial charge < -0.3 is 8.83 Å². The molecule has 2 aromatic heterocycles. The summed E-state index contributed by atoms with van der Waals surface area (Å²) in [5, 5.41) is 0. The molecule has 2 nitrogen and oxygen atoms in total. The highest BCUT2D eigenvalue weighted by molar-refractivity contribution is 5.19. The average molecular weight is 161 g/mol. The molecule has 0 aromatic carbocycles. The predicted octanol–water partition coefficient (Wildman–Crippen LogP) is 2.84. The molecule has 12 heavy (non-hydrogen) atoms. The lowest BCUT2D eigenvalue weighted by molar-refractivity contribution is 0.453. The van der Waals surface area contributed by atoms with Crippen molar-refractivity contribution in [3.63, 3.8) is 0 Å². The van der Waals surface area contributed by atoms with Crippen molar-refractivity contribution in [1.29, 1.82) is 0 Å². The monoisotopic (exact) mass is 161 g/mol. The lowest BCUT2D eigenvalue weighted by Crippen LogP contribution is -1.90. The maximum atomic E-state index is 5.20. The molecule has 0 saturated carbocycles. The fourth-order valence-corrected chi connectivity index (χ4v) is 1.12. The van der Waals surface area contributed by atoms with E-state index in [0.29, 0.717) is 0 Å². The van der Waals surface area contributed by atoms with Crippen molar-refractivity contribution in [2.45, 2.75) is 5.92 Å². The van der Waals surface area contributed by atoms with Crippen LogP contribution < -0.4 is 0 Å². The van der Waals surface area contributed by atoms with Gasteiger partial charge in [0.15, 0.2) is 0 Å². The molecule has 0 spiro atoms. The fourth-order valence-electron chi connectivity index (χ4n) is 1.12. The highest BCUT2D eigenvalue weighted by atomic mass is 16.3. The minimum Gasteiger partial charge on any atom is -0.469 e. The van der Waals surface area contributed by atoms with E-state index in [9.17, 15) is 0 Å². The van der Waals surface area contributed by atoms with Crippen molar-refractivity contribution in [2.24, 2.45) is 0 Å². The van der Waals surface area contributed by atoms with E-state index in [0.717, 1.165) is 11.5 Å². The molecule has 0 fully saturated rings. The lowest BCUT2D eigenvalue weighted by atomic mass is 10.1. The van der Waals surface area contributed by atoms with Crippen molar-refractivity contribution in [3.05, 3.63) is 55.2 Å². The molecule has 0 aliphatic heterocycles. The smallest absolute Gasteiger partial charge is 0.114 e. The van der Waals surface area contributed by atoms with E-state index in [1.54, 1.807) is 12.5 Å². The molecule has 0 aliphatic carbocycles. The third-order valence-corrected chi connectivity index (χ3v) is 1.77. The third kappa shape index (κ3) is 1.16. The summed E-state index contributed by atoms with van der Waals surface area (Å²) in [6.45, 7) is 3.94. The van der Waals surface area contributed by atoms with Crippen LogP contribution in [0.3, 0.4) is 0 Å². The topological polar surface area (TPSA) is 26.3 Å². The zero-order chi connectivity index (χ0) is 8.39. The second-order valence-electron chi connectivity index (χ2n) is 2.58. The summed E-state index contributed by atoms with van der Waals surface area (Å²) in [6.07, 6.45) is 3.27. The van der Waals surface area contributed by atoms with Crippen molar-refractivity contribution in [1.82, 2.24) is 0 Å². The van der Waals surface area contributed by atoms with Gasteiger partial charge in [-0.25, -0.2) is 0 Å². The van der Waals surface area contributed by atoms with Gasteiger partial charge in [0, 0.05) is 0 Å². The van der Waals surface area contributed by atoms with Crippen LogP contribution in [0.2, 0.25) is 0 Å². The molecule has 0 unspecified atom stereocenters. The van der Waals surface area contributed by atoms with E-state index in [4.69, 9.17) is 8.83 Å². The molecule has 2 heterocycles. The van der Waals surface area contributed by atoms with Gasteiger partial charge in [0.05, 0.1) is 18.4 Å². The molecule has 2 heteroatoms. The Balaban J connectivity index is 2.27. The number of hydrogen-bond acceptors (Lipinski definition) is 2. The van der Waals surface area contributed by atoms with Crippen LogP contribution in [-0.2, 0) is 0 Å². The summed E-state index contributed by atoms with van der Waals surface area (Å²) in [5.41, 5.74) is 0. The van der Waals surface area contributed by atoms with Crippen LogP contribution in [0.15, 0.2) is 45.6 Å². The second-order valence-corrected chi connectivity index (χ2v) is 2.58. The normalized spacial score (nSPS) is 10.8. The van der Waals surface area contributed by atoms with Crippen LogP contribution in [0.1, 0.15) is 17.4 Å². The van der Waals surface area contributed by atoms with Gasteiger partial charge in [-0.2, -0.15) is 0 Å². The largest absolute Gasteiger partial charge is 0.469 e. The van der Waals surface area contributed by atoms with Gasteiger partial charge >= 0.3 is 0 Å². The maximum Gasteiger partial charge on any atom is 0.114 e. The van der Waals surface area contributed by atoms with Gasteiger partial charge in [0.25, 0.3) is 0 Å². The van der Waals surface area contributed by atoms with E-state index in [1.165, 1.54) is 0 Å². The number of rotatable bonds is 2. The molecule has 0 amide bonds. The quantitative estimate of drug-likeness (QED) is 0.676. The Kier molecular flexibility index (Phi) is 1.74. The highest BCUT2D eigenvalue weighted by Gasteiger charge is 2.12. The Morgan fingerprint density at radius 2 is 1.50 bits per heavy atom. The molecule has 0 N–H and O–H groups in total. The van der Waals surface area contributed by atoms with E-state index in [2.05, 4.69) is 6.92 Å². The van der Waals surface area contributed by atoms with Crippen LogP contribution in [-0.4, -0.2) is 0 Å². The number of hydrogen-bond donors (Lipinski definition) is 0. The van der Waals surface area contributed by atoms with Crippen LogP contribution in [0.25, 0.3) is 0 Å². The average Bonchev–Trinajstić information content (AvgIpc) is 2.77. The molecule has 1 radical (unpaired) electrons. The molecule has 0 bridgehead atoms. The first-order valence-electron chi connectivity index (χ1n) is 3.78. The van der Waals surface area contributed by atoms with Gasteiger partial charge in [0.2, 0.25) is 0 Å². The standard InChI is InChI=1S/C10H9O2/c1-8(9-4-2-6-11-9)10-5-3-7-12-10/h2-8H,1H2. The maximum absolute atomic E-state index is 5.20. The third-order valence-electron chi connectivity index (χ3n) is 1.77. The van der Waals surface area contributed by atoms with Gasteiger partial charge in [-0.15, -0.1) is 0 Å². The van der Waals surface area contributed by atoms with Crippen molar-refractivity contribution in [2.75, 3.05) is 0 Å². The molecule has 0 saturated heterocycles. The van der Waals surface area contributed by atoms with E-state index < -0.39 is 0 Å². The zero-order valence-electron chi connectivity index (χ0n) is 6.57. The first-order chi connectivity index (χ1) is 5.88. The van der Waals surface area contributed by atoms with E-state index in [1.807, 2.05) is 24.3 Å². The summed E-state index contributed by atoms with van der Waals surface area (Å²) < 4.78 is 10.4. The first kappa shape index (κ1) is 7.22.